The number of methoxy groups -OCH3 is 1. The van der Waals surface area contributed by atoms with Crippen LogP contribution in [0.25, 0.3) is 33.4 Å². The number of fused-ring (bicyclic) bond motifs is 6. The number of aromatic nitrogens is 3. The van der Waals surface area contributed by atoms with Gasteiger partial charge in [0.25, 0.3) is 5.91 Å². The number of morpholine rings is 1. The van der Waals surface area contributed by atoms with Gasteiger partial charge in [-0.15, -0.1) is 11.3 Å². The monoisotopic (exact) mass is 1090 g/mol. The number of hydrogen-bond donors (Lipinski definition) is 2. The molecule has 2 amide bonds. The highest BCUT2D eigenvalue weighted by Crippen LogP contribution is 2.52. The van der Waals surface area contributed by atoms with Gasteiger partial charge < -0.3 is 43.2 Å². The highest BCUT2D eigenvalue weighted by atomic mass is 32.1. The van der Waals surface area contributed by atoms with E-state index < -0.39 is 29.5 Å². The molecule has 18 nitrogen and oxygen atoms in total. The van der Waals surface area contributed by atoms with Crippen LogP contribution in [-0.2, 0) is 55.8 Å². The number of thiazole rings is 1. The summed E-state index contributed by atoms with van der Waals surface area (Å²) in [6.45, 7) is 18.2. The van der Waals surface area contributed by atoms with Gasteiger partial charge in [0, 0.05) is 130 Å². The Hall–Kier alpha value is -4.57. The van der Waals surface area contributed by atoms with Gasteiger partial charge in [-0.2, -0.15) is 0 Å². The van der Waals surface area contributed by atoms with Crippen molar-refractivity contribution in [3.05, 3.63) is 52.1 Å². The average Bonchev–Trinajstić information content (AvgIpc) is 4.41. The molecular formula is C59H81N9O9S. The molecule has 2 N–H and O–H groups in total. The van der Waals surface area contributed by atoms with Crippen molar-refractivity contribution in [3.8, 4) is 22.5 Å². The van der Waals surface area contributed by atoms with E-state index in [1.807, 2.05) is 6.20 Å². The number of ether oxygens (including phenoxy) is 6. The van der Waals surface area contributed by atoms with Crippen LogP contribution >= 0.6 is 11.3 Å². The fourth-order valence-electron chi connectivity index (χ4n) is 13.5. The summed E-state index contributed by atoms with van der Waals surface area (Å²) in [4.78, 5) is 62.6. The molecule has 6 bridgehead atoms. The second-order valence-electron chi connectivity index (χ2n) is 24.1. The number of nitrogens with zero attached hydrogens (tertiary/aromatic N) is 7. The number of hydrazine groups is 1. The van der Waals surface area contributed by atoms with E-state index in [2.05, 4.69) is 87.3 Å². The van der Waals surface area contributed by atoms with Gasteiger partial charge in [0.2, 0.25) is 5.91 Å². The van der Waals surface area contributed by atoms with Gasteiger partial charge in [-0.25, -0.2) is 10.4 Å². The molecule has 9 heterocycles. The van der Waals surface area contributed by atoms with Crippen molar-refractivity contribution < 1.29 is 42.8 Å². The number of piperazine rings is 1. The molecule has 0 spiro atoms. The molecule has 2 saturated carbocycles. The van der Waals surface area contributed by atoms with Crippen LogP contribution in [0.4, 0.5) is 5.69 Å². The van der Waals surface area contributed by atoms with E-state index >= 15 is 4.79 Å². The lowest BCUT2D eigenvalue weighted by Crippen LogP contribution is -2.63. The van der Waals surface area contributed by atoms with Crippen LogP contribution in [0.1, 0.15) is 107 Å². The van der Waals surface area contributed by atoms with E-state index in [1.54, 1.807) is 12.1 Å². The zero-order chi connectivity index (χ0) is 53.7. The molecule has 1 aromatic carbocycles. The van der Waals surface area contributed by atoms with Crippen molar-refractivity contribution in [2.75, 3.05) is 104 Å². The minimum atomic E-state index is -1.02. The molecule has 7 fully saturated rings. The number of carbonyl (C=O) groups is 3. The number of amides is 2. The van der Waals surface area contributed by atoms with E-state index in [1.165, 1.54) is 24.2 Å². The third-order valence-corrected chi connectivity index (χ3v) is 19.1. The van der Waals surface area contributed by atoms with E-state index in [-0.39, 0.29) is 54.5 Å². The van der Waals surface area contributed by atoms with E-state index in [0.29, 0.717) is 85.1 Å². The molecule has 5 saturated heterocycles. The normalized spacial score (nSPS) is 29.1. The summed E-state index contributed by atoms with van der Waals surface area (Å²) in [6, 6.07) is 7.32. The summed E-state index contributed by atoms with van der Waals surface area (Å²) in [7, 11) is 1.75. The first-order valence-electron chi connectivity index (χ1n) is 29.2. The molecule has 0 unspecified atom stereocenters. The molecule has 8 aliphatic rings. The first-order valence-corrected chi connectivity index (χ1v) is 30.1. The Morgan fingerprint density at radius 1 is 0.936 bits per heavy atom. The Balaban J connectivity index is 0.990. The minimum Gasteiger partial charge on any atom is -0.464 e. The van der Waals surface area contributed by atoms with Crippen LogP contribution in [0, 0.1) is 23.2 Å². The summed E-state index contributed by atoms with van der Waals surface area (Å²) >= 11 is 1.51. The fraction of sp³-hybridized carbons (Fsp3) is 0.678. The largest absolute Gasteiger partial charge is 0.464 e. The molecule has 6 aliphatic heterocycles. The van der Waals surface area contributed by atoms with Gasteiger partial charge >= 0.3 is 5.97 Å². The minimum absolute atomic E-state index is 0.0423. The molecule has 0 radical (unpaired) electrons. The second kappa shape index (κ2) is 23.1. The first kappa shape index (κ1) is 54.0. The Kier molecular flexibility index (Phi) is 16.0. The van der Waals surface area contributed by atoms with E-state index in [4.69, 9.17) is 38.4 Å². The van der Waals surface area contributed by atoms with E-state index in [0.717, 1.165) is 113 Å². The third-order valence-electron chi connectivity index (χ3n) is 18.2. The number of pyridine rings is 1. The Bertz CT molecular complexity index is 2790. The quantitative estimate of drug-likeness (QED) is 0.138. The lowest BCUT2D eigenvalue weighted by Gasteiger charge is -2.41. The van der Waals surface area contributed by atoms with Gasteiger partial charge in [-0.05, 0) is 94.4 Å². The Morgan fingerprint density at radius 3 is 2.49 bits per heavy atom. The van der Waals surface area contributed by atoms with Crippen LogP contribution in [0.5, 0.6) is 0 Å². The maximum atomic E-state index is 15.4. The first-order chi connectivity index (χ1) is 37.9. The molecular weight excluding hydrogens is 1010 g/mol. The zero-order valence-electron chi connectivity index (χ0n) is 46.4. The van der Waals surface area contributed by atoms with Crippen molar-refractivity contribution in [2.45, 2.75) is 135 Å². The average molecular weight is 1090 g/mol. The number of hydrogen-bond acceptors (Lipinski definition) is 16. The Labute approximate surface area is 463 Å². The summed E-state index contributed by atoms with van der Waals surface area (Å²) in [5.41, 5.74) is 10.7. The van der Waals surface area contributed by atoms with Crippen molar-refractivity contribution in [1.29, 1.82) is 0 Å². The summed E-state index contributed by atoms with van der Waals surface area (Å²) in [6.07, 6.45) is 9.78. The highest BCUT2D eigenvalue weighted by Gasteiger charge is 2.57. The van der Waals surface area contributed by atoms with Gasteiger partial charge in [0.15, 0.2) is 0 Å². The summed E-state index contributed by atoms with van der Waals surface area (Å²) in [5.74, 6) is -0.903. The van der Waals surface area contributed by atoms with Crippen LogP contribution < -0.4 is 15.6 Å². The SMILES string of the molecule is CO[C@@H](C)c1ncc(N2CCN(C3CC3)CC2)cc1-c1c2c3cc(ccc3n1CCOC1CCOCC1)-c1csc(n1)[C@@H](N1CCOCC1)[C@H](NC(=O)[C@@H]1[C@@H](C)[C@H]1[C@H]1CCCO1)C(=O)N1CCC[C@H](N1)C(=O)OCC(C)(C)C2. The predicted molar refractivity (Wildman–Crippen MR) is 297 cm³/mol. The molecule has 78 heavy (non-hydrogen) atoms. The van der Waals surface area contributed by atoms with Crippen LogP contribution in [-0.4, -0.2) is 177 Å². The molecule has 2 aliphatic carbocycles. The highest BCUT2D eigenvalue weighted by molar-refractivity contribution is 7.10. The number of cyclic esters (lactones) is 1. The standard InChI is InChI=1S/C59H81N9O9S/c1-36-49(48-9-7-24-76-48)50(36)55(69)62-52-54(66-21-27-74-28-22-66)56-61-46(34-78-56)38-10-13-47-42(30-38)44(32-59(3,4)35-77-58(71)45-8-6-16-68(63-45)57(52)70)53(67(47)23-29-75-41-14-25-73-26-15-41)43-31-40(33-60-51(43)37(2)72-5)65-19-17-64(18-20-65)39-11-12-39/h10,13,30-31,33-34,36-37,39,41,45,48-50,52,54,63H,6-9,11-12,14-29,32,35H2,1-5H3,(H,62,69)/t36-,37-,45-,48+,49-,50+,52-,54-/m0/s1. The van der Waals surface area contributed by atoms with Crippen molar-refractivity contribution in [1.82, 2.24) is 40.1 Å². The number of anilines is 1. The maximum Gasteiger partial charge on any atom is 0.324 e. The van der Waals surface area contributed by atoms with Gasteiger partial charge in [-0.1, -0.05) is 26.8 Å². The lowest BCUT2D eigenvalue weighted by molar-refractivity contribution is -0.156. The number of carbonyl (C=O) groups excluding carboxylic acids is 3. The van der Waals surface area contributed by atoms with Gasteiger partial charge in [0.05, 0.1) is 79.7 Å². The third kappa shape index (κ3) is 11.3. The molecule has 3 aromatic heterocycles. The second-order valence-corrected chi connectivity index (χ2v) is 25.0. The number of nitrogens with one attached hydrogen (secondary N) is 2. The Morgan fingerprint density at radius 2 is 1.73 bits per heavy atom. The topological polar surface area (TPSA) is 174 Å². The van der Waals surface area contributed by atoms with Crippen LogP contribution in [0.3, 0.4) is 0 Å². The summed E-state index contributed by atoms with van der Waals surface area (Å²) < 4.78 is 39.3. The van der Waals surface area contributed by atoms with Crippen molar-refractivity contribution >= 4 is 45.7 Å². The number of benzene rings is 1. The van der Waals surface area contributed by atoms with Crippen molar-refractivity contribution in [3.63, 3.8) is 0 Å². The molecule has 19 heteroatoms. The van der Waals surface area contributed by atoms with Crippen molar-refractivity contribution in [2.24, 2.45) is 23.2 Å². The molecule has 422 valence electrons. The molecule has 8 atom stereocenters. The number of esters is 1. The van der Waals surface area contributed by atoms with Gasteiger partial charge in [0.1, 0.15) is 17.1 Å². The lowest BCUT2D eigenvalue weighted by atomic mass is 9.84. The van der Waals surface area contributed by atoms with Crippen LogP contribution in [0.15, 0.2) is 35.8 Å². The van der Waals surface area contributed by atoms with Crippen LogP contribution in [0.2, 0.25) is 0 Å². The predicted octanol–water partition coefficient (Wildman–Crippen LogP) is 6.55. The molecule has 12 rings (SSSR count). The van der Waals surface area contributed by atoms with E-state index in [9.17, 15) is 9.59 Å². The summed E-state index contributed by atoms with van der Waals surface area (Å²) in [5, 5.41) is 8.78. The van der Waals surface area contributed by atoms with Gasteiger partial charge in [-0.3, -0.25) is 34.2 Å². The molecule has 4 aromatic rings. The maximum absolute atomic E-state index is 15.4. The zero-order valence-corrected chi connectivity index (χ0v) is 47.2. The fourth-order valence-corrected chi connectivity index (χ4v) is 14.5. The smallest absolute Gasteiger partial charge is 0.324 e. The number of rotatable bonds is 13.